The number of nitrogens with one attached hydrogen (secondary N) is 1. The number of carbonyl (C=O) groups is 3. The predicted molar refractivity (Wildman–Crippen MR) is 123 cm³/mol. The standard InChI is InChI=1S/C26H31NO6/c1-4-21-24(33-25(21)29)15-23(32-26(30)22(27-16-28)14-17(2)3)18-10-12-20(13-11-18)31-19-8-6-5-7-9-19/h5-13,16-17,21-24H,4,14-15H2,1-3H3,(H,27,28)/t21-,22+,23-,24-/m0/s1. The molecule has 1 amide bonds. The molecule has 33 heavy (non-hydrogen) atoms. The van der Waals surface area contributed by atoms with Crippen molar-refractivity contribution in [2.24, 2.45) is 11.8 Å². The molecule has 1 aliphatic rings. The van der Waals surface area contributed by atoms with Crippen molar-refractivity contribution in [3.8, 4) is 11.5 Å². The molecule has 0 aliphatic carbocycles. The van der Waals surface area contributed by atoms with Gasteiger partial charge in [0.2, 0.25) is 6.41 Å². The van der Waals surface area contributed by atoms with Gasteiger partial charge in [-0.3, -0.25) is 9.59 Å². The first-order chi connectivity index (χ1) is 15.9. The molecule has 2 aromatic carbocycles. The number of cyclic esters (lactones) is 1. The lowest BCUT2D eigenvalue weighted by molar-refractivity contribution is -0.190. The third-order valence-corrected chi connectivity index (χ3v) is 5.66. The van der Waals surface area contributed by atoms with Gasteiger partial charge in [0.05, 0.1) is 5.92 Å². The number of para-hydroxylation sites is 1. The number of hydrogen-bond donors (Lipinski definition) is 1. The highest BCUT2D eigenvalue weighted by molar-refractivity contribution is 5.79. The van der Waals surface area contributed by atoms with E-state index in [4.69, 9.17) is 14.2 Å². The summed E-state index contributed by atoms with van der Waals surface area (Å²) in [5.74, 6) is 0.628. The number of benzene rings is 2. The van der Waals surface area contributed by atoms with Gasteiger partial charge in [0.1, 0.15) is 29.7 Å². The number of esters is 2. The van der Waals surface area contributed by atoms with Gasteiger partial charge in [-0.15, -0.1) is 0 Å². The summed E-state index contributed by atoms with van der Waals surface area (Å²) < 4.78 is 17.0. The van der Waals surface area contributed by atoms with E-state index in [1.807, 2.05) is 75.4 Å². The van der Waals surface area contributed by atoms with Gasteiger partial charge < -0.3 is 19.5 Å². The largest absolute Gasteiger partial charge is 0.461 e. The first-order valence-electron chi connectivity index (χ1n) is 11.3. The van der Waals surface area contributed by atoms with E-state index in [0.717, 1.165) is 11.3 Å². The van der Waals surface area contributed by atoms with Crippen LogP contribution in [0, 0.1) is 11.8 Å². The first kappa shape index (κ1) is 24.3. The second-order valence-corrected chi connectivity index (χ2v) is 8.60. The van der Waals surface area contributed by atoms with Crippen molar-refractivity contribution in [1.82, 2.24) is 5.32 Å². The lowest BCUT2D eigenvalue weighted by atomic mass is 9.88. The fourth-order valence-electron chi connectivity index (χ4n) is 3.89. The molecule has 1 saturated heterocycles. The molecule has 7 heteroatoms. The van der Waals surface area contributed by atoms with E-state index in [1.165, 1.54) is 0 Å². The highest BCUT2D eigenvalue weighted by Crippen LogP contribution is 2.35. The molecular formula is C26H31NO6. The number of ether oxygens (including phenoxy) is 3. The van der Waals surface area contributed by atoms with Crippen molar-refractivity contribution in [3.63, 3.8) is 0 Å². The van der Waals surface area contributed by atoms with Crippen LogP contribution in [0.2, 0.25) is 0 Å². The second-order valence-electron chi connectivity index (χ2n) is 8.60. The molecule has 1 aliphatic heterocycles. The molecular weight excluding hydrogens is 422 g/mol. The van der Waals surface area contributed by atoms with Crippen LogP contribution in [0.3, 0.4) is 0 Å². The van der Waals surface area contributed by atoms with Gasteiger partial charge in [-0.2, -0.15) is 0 Å². The van der Waals surface area contributed by atoms with Gasteiger partial charge in [0.15, 0.2) is 0 Å². The molecule has 4 atom stereocenters. The van der Waals surface area contributed by atoms with Crippen LogP contribution in [0.1, 0.15) is 51.7 Å². The Labute approximate surface area is 194 Å². The smallest absolute Gasteiger partial charge is 0.329 e. The summed E-state index contributed by atoms with van der Waals surface area (Å²) in [4.78, 5) is 35.6. The maximum absolute atomic E-state index is 12.9. The Bertz CT molecular complexity index is 928. The van der Waals surface area contributed by atoms with Crippen molar-refractivity contribution >= 4 is 18.3 Å². The van der Waals surface area contributed by atoms with E-state index < -0.39 is 18.1 Å². The fourth-order valence-corrected chi connectivity index (χ4v) is 3.89. The molecule has 1 heterocycles. The average molecular weight is 454 g/mol. The summed E-state index contributed by atoms with van der Waals surface area (Å²) in [7, 11) is 0. The van der Waals surface area contributed by atoms with Crippen LogP contribution in [-0.4, -0.2) is 30.5 Å². The minimum absolute atomic E-state index is 0.194. The minimum Gasteiger partial charge on any atom is -0.461 e. The van der Waals surface area contributed by atoms with Crippen molar-refractivity contribution in [2.75, 3.05) is 0 Å². The first-order valence-corrected chi connectivity index (χ1v) is 11.3. The average Bonchev–Trinajstić information content (AvgIpc) is 2.79. The Hall–Kier alpha value is -3.35. The molecule has 3 rings (SSSR count). The molecule has 7 nitrogen and oxygen atoms in total. The summed E-state index contributed by atoms with van der Waals surface area (Å²) in [6.07, 6.45) is 1.05. The van der Waals surface area contributed by atoms with Crippen LogP contribution in [-0.2, 0) is 23.9 Å². The lowest BCUT2D eigenvalue weighted by Crippen LogP contribution is -2.46. The number of carbonyl (C=O) groups excluding carboxylic acids is 3. The Morgan fingerprint density at radius 1 is 1.09 bits per heavy atom. The van der Waals surface area contributed by atoms with E-state index >= 15 is 0 Å². The van der Waals surface area contributed by atoms with Crippen molar-refractivity contribution in [3.05, 3.63) is 60.2 Å². The predicted octanol–water partition coefficient (Wildman–Crippen LogP) is 4.57. The topological polar surface area (TPSA) is 90.9 Å². The summed E-state index contributed by atoms with van der Waals surface area (Å²) in [6, 6.07) is 16.0. The lowest BCUT2D eigenvalue weighted by Gasteiger charge is -2.36. The fraction of sp³-hybridized carbons (Fsp3) is 0.423. The number of hydrogen-bond acceptors (Lipinski definition) is 6. The van der Waals surface area contributed by atoms with Gasteiger partial charge in [0, 0.05) is 6.42 Å². The van der Waals surface area contributed by atoms with E-state index in [0.29, 0.717) is 31.4 Å². The Morgan fingerprint density at radius 2 is 1.76 bits per heavy atom. The van der Waals surface area contributed by atoms with Crippen LogP contribution in [0.25, 0.3) is 0 Å². The Morgan fingerprint density at radius 3 is 2.33 bits per heavy atom. The molecule has 1 N–H and O–H groups in total. The highest BCUT2D eigenvalue weighted by Gasteiger charge is 2.43. The zero-order valence-electron chi connectivity index (χ0n) is 19.2. The zero-order chi connectivity index (χ0) is 23.8. The number of rotatable bonds is 12. The normalized spacial score (nSPS) is 19.1. The summed E-state index contributed by atoms with van der Waals surface area (Å²) in [6.45, 7) is 5.87. The molecule has 0 saturated carbocycles. The molecule has 2 aromatic rings. The van der Waals surface area contributed by atoms with Crippen molar-refractivity contribution in [1.29, 1.82) is 0 Å². The molecule has 1 fully saturated rings. The van der Waals surface area contributed by atoms with Crippen molar-refractivity contribution in [2.45, 2.75) is 58.3 Å². The van der Waals surface area contributed by atoms with Gasteiger partial charge >= 0.3 is 11.9 Å². The van der Waals surface area contributed by atoms with Gasteiger partial charge in [0.25, 0.3) is 0 Å². The maximum atomic E-state index is 12.9. The molecule has 0 radical (unpaired) electrons. The van der Waals surface area contributed by atoms with E-state index in [2.05, 4.69) is 5.32 Å². The van der Waals surface area contributed by atoms with Gasteiger partial charge in [-0.1, -0.05) is 51.1 Å². The molecule has 0 unspecified atom stereocenters. The SMILES string of the molecule is CC[C@@H]1C(=O)O[C@H]1C[C@H](OC(=O)[C@@H](CC(C)C)NC=O)c1ccc(Oc2ccccc2)cc1. The second kappa shape index (κ2) is 11.5. The molecule has 0 bridgehead atoms. The van der Waals surface area contributed by atoms with Crippen molar-refractivity contribution < 1.29 is 28.6 Å². The van der Waals surface area contributed by atoms with Crippen LogP contribution in [0.4, 0.5) is 0 Å². The maximum Gasteiger partial charge on any atom is 0.329 e. The van der Waals surface area contributed by atoms with Gasteiger partial charge in [-0.05, 0) is 48.6 Å². The van der Waals surface area contributed by atoms with E-state index in [1.54, 1.807) is 0 Å². The quantitative estimate of drug-likeness (QED) is 0.374. The van der Waals surface area contributed by atoms with Crippen LogP contribution < -0.4 is 10.1 Å². The minimum atomic E-state index is -0.739. The Kier molecular flexibility index (Phi) is 8.46. The summed E-state index contributed by atoms with van der Waals surface area (Å²) in [5, 5.41) is 2.55. The van der Waals surface area contributed by atoms with Crippen LogP contribution in [0.5, 0.6) is 11.5 Å². The summed E-state index contributed by atoms with van der Waals surface area (Å²) in [5.41, 5.74) is 0.760. The Balaban J connectivity index is 1.76. The van der Waals surface area contributed by atoms with Gasteiger partial charge in [-0.25, -0.2) is 4.79 Å². The highest BCUT2D eigenvalue weighted by atomic mass is 16.6. The molecule has 0 aromatic heterocycles. The van der Waals surface area contributed by atoms with E-state index in [-0.39, 0.29) is 23.9 Å². The third kappa shape index (κ3) is 6.57. The zero-order valence-corrected chi connectivity index (χ0v) is 19.2. The van der Waals surface area contributed by atoms with Crippen LogP contribution >= 0.6 is 0 Å². The number of amides is 1. The summed E-state index contributed by atoms with van der Waals surface area (Å²) >= 11 is 0. The third-order valence-electron chi connectivity index (χ3n) is 5.66. The molecule has 176 valence electrons. The monoisotopic (exact) mass is 453 g/mol. The molecule has 0 spiro atoms. The van der Waals surface area contributed by atoms with Crippen LogP contribution in [0.15, 0.2) is 54.6 Å². The van der Waals surface area contributed by atoms with E-state index in [9.17, 15) is 14.4 Å².